The molecule has 0 fully saturated rings. The van der Waals surface area contributed by atoms with Crippen molar-refractivity contribution < 1.29 is 4.57 Å². The summed E-state index contributed by atoms with van der Waals surface area (Å²) < 4.78 is 5.22. The SMILES string of the molecule is C#CCN(/C=C/c1[se]c2ccccc2[n+]1CC)c1ccccc1. The van der Waals surface area contributed by atoms with E-state index in [4.69, 9.17) is 6.42 Å². The van der Waals surface area contributed by atoms with Crippen molar-refractivity contribution in [3.63, 3.8) is 0 Å². The van der Waals surface area contributed by atoms with Crippen LogP contribution in [0.5, 0.6) is 0 Å². The first-order chi connectivity index (χ1) is 11.3. The summed E-state index contributed by atoms with van der Waals surface area (Å²) in [6, 6.07) is 18.9. The Morgan fingerprint density at radius 3 is 2.61 bits per heavy atom. The number of rotatable bonds is 5. The van der Waals surface area contributed by atoms with Gasteiger partial charge in [-0.05, 0) is 0 Å². The molecular formula is C20H19N2Se+. The second-order valence-corrected chi connectivity index (χ2v) is 7.36. The Morgan fingerprint density at radius 1 is 1.13 bits per heavy atom. The average Bonchev–Trinajstić information content (AvgIpc) is 2.96. The summed E-state index contributed by atoms with van der Waals surface area (Å²) in [5.41, 5.74) is 2.46. The quantitative estimate of drug-likeness (QED) is 0.382. The first-order valence-corrected chi connectivity index (χ1v) is 9.39. The molecule has 0 bridgehead atoms. The summed E-state index contributed by atoms with van der Waals surface area (Å²) in [5.74, 6) is 2.74. The monoisotopic (exact) mass is 367 g/mol. The van der Waals surface area contributed by atoms with E-state index in [9.17, 15) is 0 Å². The van der Waals surface area contributed by atoms with Crippen molar-refractivity contribution in [1.82, 2.24) is 0 Å². The zero-order valence-corrected chi connectivity index (χ0v) is 14.9. The minimum atomic E-state index is 0.349. The Kier molecular flexibility index (Phi) is 4.98. The maximum atomic E-state index is 5.53. The number of anilines is 1. The van der Waals surface area contributed by atoms with Crippen LogP contribution in [-0.4, -0.2) is 21.0 Å². The van der Waals surface area contributed by atoms with Gasteiger partial charge in [0.2, 0.25) is 0 Å². The van der Waals surface area contributed by atoms with E-state index in [1.54, 1.807) is 0 Å². The number of para-hydroxylation sites is 2. The Labute approximate surface area is 143 Å². The van der Waals surface area contributed by atoms with Crippen LogP contribution in [-0.2, 0) is 6.54 Å². The van der Waals surface area contributed by atoms with Crippen LogP contribution in [0.1, 0.15) is 11.5 Å². The summed E-state index contributed by atoms with van der Waals surface area (Å²) in [6.45, 7) is 3.75. The molecule has 0 aliphatic carbocycles. The Morgan fingerprint density at radius 2 is 1.87 bits per heavy atom. The summed E-state index contributed by atoms with van der Waals surface area (Å²) in [7, 11) is 0. The predicted octanol–water partition coefficient (Wildman–Crippen LogP) is 3.31. The van der Waals surface area contributed by atoms with Crippen LogP contribution >= 0.6 is 0 Å². The number of hydrogen-bond acceptors (Lipinski definition) is 1. The third-order valence-corrected chi connectivity index (χ3v) is 6.07. The number of fused-ring (bicyclic) bond motifs is 1. The minimum absolute atomic E-state index is 0.349. The van der Waals surface area contributed by atoms with E-state index < -0.39 is 0 Å². The zero-order valence-electron chi connectivity index (χ0n) is 13.1. The molecule has 0 saturated heterocycles. The molecule has 0 atom stereocenters. The first-order valence-electron chi connectivity index (χ1n) is 7.68. The molecule has 1 heterocycles. The predicted molar refractivity (Wildman–Crippen MR) is 98.4 cm³/mol. The summed E-state index contributed by atoms with van der Waals surface area (Å²) in [5, 5.41) is 0. The van der Waals surface area contributed by atoms with Gasteiger partial charge in [0, 0.05) is 0 Å². The first kappa shape index (κ1) is 15.6. The molecule has 0 aliphatic rings. The van der Waals surface area contributed by atoms with Crippen LogP contribution in [0.3, 0.4) is 0 Å². The molecule has 0 N–H and O–H groups in total. The van der Waals surface area contributed by atoms with Crippen molar-refractivity contribution in [2.75, 3.05) is 11.4 Å². The van der Waals surface area contributed by atoms with E-state index in [1.807, 2.05) is 18.2 Å². The number of hydrogen-bond donors (Lipinski definition) is 0. The van der Waals surface area contributed by atoms with Crippen LogP contribution in [0.15, 0.2) is 60.8 Å². The summed E-state index contributed by atoms with van der Waals surface area (Å²) in [6.07, 6.45) is 9.86. The summed E-state index contributed by atoms with van der Waals surface area (Å²) >= 11 is 0.349. The fraction of sp³-hybridized carbons (Fsp3) is 0.150. The second kappa shape index (κ2) is 7.33. The molecule has 0 aliphatic heterocycles. The molecule has 3 rings (SSSR count). The van der Waals surface area contributed by atoms with Gasteiger partial charge in [-0.25, -0.2) is 0 Å². The fourth-order valence-corrected chi connectivity index (χ4v) is 4.96. The molecule has 0 unspecified atom stereocenters. The van der Waals surface area contributed by atoms with Crippen molar-refractivity contribution in [2.45, 2.75) is 13.5 Å². The van der Waals surface area contributed by atoms with Gasteiger partial charge in [0.05, 0.1) is 0 Å². The standard InChI is InChI=1S/C20H19N2Se/c1-3-15-21(17-10-6-5-7-11-17)16-14-20-22(4-2)18-12-8-9-13-19(18)23-20/h1,5-14,16H,4,15H2,2H3/q+1. The van der Waals surface area contributed by atoms with Crippen molar-refractivity contribution >= 4 is 36.0 Å². The van der Waals surface area contributed by atoms with E-state index in [1.165, 1.54) is 14.3 Å². The van der Waals surface area contributed by atoms with Crippen molar-refractivity contribution in [3.05, 3.63) is 65.4 Å². The molecule has 2 nitrogen and oxygen atoms in total. The fourth-order valence-electron chi connectivity index (χ4n) is 2.60. The molecular weight excluding hydrogens is 347 g/mol. The van der Waals surface area contributed by atoms with Crippen molar-refractivity contribution in [1.29, 1.82) is 0 Å². The molecule has 2 aromatic carbocycles. The van der Waals surface area contributed by atoms with Gasteiger partial charge in [-0.3, -0.25) is 0 Å². The van der Waals surface area contributed by atoms with Crippen molar-refractivity contribution in [2.24, 2.45) is 0 Å². The van der Waals surface area contributed by atoms with Gasteiger partial charge >= 0.3 is 143 Å². The van der Waals surface area contributed by atoms with Crippen molar-refractivity contribution in [3.8, 4) is 12.3 Å². The van der Waals surface area contributed by atoms with E-state index in [0.717, 1.165) is 12.2 Å². The topological polar surface area (TPSA) is 7.12 Å². The normalized spacial score (nSPS) is 11.0. The molecule has 0 amide bonds. The van der Waals surface area contributed by atoms with E-state index in [2.05, 4.69) is 71.0 Å². The molecule has 3 aromatic rings. The second-order valence-electron chi connectivity index (χ2n) is 5.14. The van der Waals surface area contributed by atoms with E-state index in [0.29, 0.717) is 21.0 Å². The van der Waals surface area contributed by atoms with Crippen LogP contribution in [0.25, 0.3) is 15.9 Å². The number of aromatic nitrogens is 1. The Hall–Kier alpha value is -2.27. The third kappa shape index (κ3) is 3.40. The van der Waals surface area contributed by atoms with Gasteiger partial charge in [0.15, 0.2) is 0 Å². The van der Waals surface area contributed by atoms with Crippen LogP contribution in [0.4, 0.5) is 5.69 Å². The summed E-state index contributed by atoms with van der Waals surface area (Å²) in [4.78, 5) is 2.11. The van der Waals surface area contributed by atoms with Gasteiger partial charge in [-0.15, -0.1) is 0 Å². The number of nitrogens with zero attached hydrogens (tertiary/aromatic N) is 2. The molecule has 23 heavy (non-hydrogen) atoms. The van der Waals surface area contributed by atoms with Gasteiger partial charge in [0.25, 0.3) is 0 Å². The molecule has 114 valence electrons. The van der Waals surface area contributed by atoms with E-state index in [-0.39, 0.29) is 0 Å². The van der Waals surface area contributed by atoms with Gasteiger partial charge < -0.3 is 0 Å². The van der Waals surface area contributed by atoms with Gasteiger partial charge in [0.1, 0.15) is 0 Å². The van der Waals surface area contributed by atoms with Gasteiger partial charge in [-0.2, -0.15) is 0 Å². The molecule has 0 saturated carbocycles. The zero-order chi connectivity index (χ0) is 16.1. The Bertz CT molecular complexity index is 856. The van der Waals surface area contributed by atoms with Gasteiger partial charge in [-0.1, -0.05) is 0 Å². The van der Waals surface area contributed by atoms with Crippen LogP contribution in [0, 0.1) is 12.3 Å². The number of benzene rings is 2. The molecule has 0 radical (unpaired) electrons. The molecule has 1 aromatic heterocycles. The molecule has 0 spiro atoms. The Balaban J connectivity index is 1.96. The molecule has 3 heteroatoms. The van der Waals surface area contributed by atoms with Crippen LogP contribution in [0.2, 0.25) is 0 Å². The number of terminal acetylenes is 1. The van der Waals surface area contributed by atoms with E-state index >= 15 is 0 Å². The van der Waals surface area contributed by atoms with Crippen LogP contribution < -0.4 is 9.47 Å². The average molecular weight is 366 g/mol. The number of aryl methyl sites for hydroxylation is 1. The maximum absolute atomic E-state index is 5.53. The third-order valence-electron chi connectivity index (χ3n) is 3.70.